The molecule has 0 aliphatic carbocycles. The third kappa shape index (κ3) is 3.12. The highest BCUT2D eigenvalue weighted by Gasteiger charge is 2.08. The SMILES string of the molecule is CCCc1ccc(-c2nc(C#N)cc(N(C)C)n2)cc1. The van der Waals surface area contributed by atoms with Crippen molar-refractivity contribution in [3.63, 3.8) is 0 Å². The largest absolute Gasteiger partial charge is 0.363 e. The molecule has 0 amide bonds. The van der Waals surface area contributed by atoms with E-state index in [1.807, 2.05) is 31.1 Å². The minimum absolute atomic E-state index is 0.385. The van der Waals surface area contributed by atoms with E-state index < -0.39 is 0 Å². The fourth-order valence-corrected chi connectivity index (χ4v) is 1.96. The fraction of sp³-hybridized carbons (Fsp3) is 0.312. The van der Waals surface area contributed by atoms with Gasteiger partial charge in [-0.3, -0.25) is 0 Å². The summed E-state index contributed by atoms with van der Waals surface area (Å²) in [7, 11) is 3.80. The molecule has 2 aromatic rings. The summed E-state index contributed by atoms with van der Waals surface area (Å²) < 4.78 is 0. The number of rotatable bonds is 4. The summed E-state index contributed by atoms with van der Waals surface area (Å²) in [6, 6.07) is 12.0. The Morgan fingerprint density at radius 1 is 1.15 bits per heavy atom. The summed E-state index contributed by atoms with van der Waals surface area (Å²) >= 11 is 0. The van der Waals surface area contributed by atoms with E-state index in [1.165, 1.54) is 5.56 Å². The van der Waals surface area contributed by atoms with Gasteiger partial charge < -0.3 is 4.90 Å². The molecule has 0 saturated carbocycles. The van der Waals surface area contributed by atoms with E-state index in [9.17, 15) is 0 Å². The molecule has 0 fully saturated rings. The number of nitriles is 1. The van der Waals surface area contributed by atoms with Crippen LogP contribution in [0.4, 0.5) is 5.82 Å². The predicted molar refractivity (Wildman–Crippen MR) is 80.5 cm³/mol. The topological polar surface area (TPSA) is 52.8 Å². The van der Waals surface area contributed by atoms with Gasteiger partial charge in [0.25, 0.3) is 0 Å². The van der Waals surface area contributed by atoms with Gasteiger partial charge in [0.15, 0.2) is 5.82 Å². The first kappa shape index (κ1) is 14.0. The molecule has 1 heterocycles. The lowest BCUT2D eigenvalue weighted by atomic mass is 10.1. The van der Waals surface area contributed by atoms with Crippen LogP contribution in [0, 0.1) is 11.3 Å². The van der Waals surface area contributed by atoms with Crippen LogP contribution in [0.3, 0.4) is 0 Å². The van der Waals surface area contributed by atoms with Crippen molar-refractivity contribution >= 4 is 5.82 Å². The van der Waals surface area contributed by atoms with Crippen LogP contribution in [-0.4, -0.2) is 24.1 Å². The average molecular weight is 266 g/mol. The van der Waals surface area contributed by atoms with Gasteiger partial charge in [-0.05, 0) is 12.0 Å². The van der Waals surface area contributed by atoms with E-state index in [0.29, 0.717) is 11.5 Å². The van der Waals surface area contributed by atoms with E-state index in [-0.39, 0.29) is 0 Å². The van der Waals surface area contributed by atoms with Gasteiger partial charge in [0.05, 0.1) is 0 Å². The van der Waals surface area contributed by atoms with Gasteiger partial charge in [-0.2, -0.15) is 5.26 Å². The Labute approximate surface area is 119 Å². The van der Waals surface area contributed by atoms with Crippen LogP contribution in [0.25, 0.3) is 11.4 Å². The van der Waals surface area contributed by atoms with Crippen molar-refractivity contribution in [3.05, 3.63) is 41.6 Å². The zero-order valence-corrected chi connectivity index (χ0v) is 12.1. The van der Waals surface area contributed by atoms with Crippen LogP contribution in [0.1, 0.15) is 24.6 Å². The Morgan fingerprint density at radius 2 is 1.85 bits per heavy atom. The maximum Gasteiger partial charge on any atom is 0.162 e. The van der Waals surface area contributed by atoms with Crippen molar-refractivity contribution in [2.24, 2.45) is 0 Å². The highest BCUT2D eigenvalue weighted by Crippen LogP contribution is 2.20. The Kier molecular flexibility index (Phi) is 4.31. The van der Waals surface area contributed by atoms with Gasteiger partial charge in [-0.15, -0.1) is 0 Å². The lowest BCUT2D eigenvalue weighted by Crippen LogP contribution is -2.12. The second-order valence-corrected chi connectivity index (χ2v) is 4.89. The van der Waals surface area contributed by atoms with E-state index in [0.717, 1.165) is 24.2 Å². The van der Waals surface area contributed by atoms with Crippen LogP contribution >= 0.6 is 0 Å². The molecule has 0 radical (unpaired) electrons. The summed E-state index contributed by atoms with van der Waals surface area (Å²) in [5.41, 5.74) is 2.63. The lowest BCUT2D eigenvalue weighted by Gasteiger charge is -2.12. The molecule has 4 nitrogen and oxygen atoms in total. The summed E-state index contributed by atoms with van der Waals surface area (Å²) in [6.45, 7) is 2.16. The zero-order valence-electron chi connectivity index (χ0n) is 12.1. The number of anilines is 1. The van der Waals surface area contributed by atoms with Crippen molar-refractivity contribution in [1.29, 1.82) is 5.26 Å². The Hall–Kier alpha value is -2.41. The predicted octanol–water partition coefficient (Wildman–Crippen LogP) is 3.03. The molecular weight excluding hydrogens is 248 g/mol. The molecule has 0 spiro atoms. The van der Waals surface area contributed by atoms with Crippen LogP contribution in [0.15, 0.2) is 30.3 Å². The lowest BCUT2D eigenvalue weighted by molar-refractivity contribution is 0.922. The standard InChI is InChI=1S/C16H18N4/c1-4-5-12-6-8-13(9-7-12)16-18-14(11-17)10-15(19-16)20(2)3/h6-10H,4-5H2,1-3H3. The van der Waals surface area contributed by atoms with Gasteiger partial charge in [0, 0.05) is 25.7 Å². The van der Waals surface area contributed by atoms with Gasteiger partial charge in [0.1, 0.15) is 17.6 Å². The molecule has 2 rings (SSSR count). The highest BCUT2D eigenvalue weighted by atomic mass is 15.1. The molecule has 0 unspecified atom stereocenters. The Balaban J connectivity index is 2.41. The number of aryl methyl sites for hydroxylation is 1. The van der Waals surface area contributed by atoms with Crippen LogP contribution in [0.2, 0.25) is 0 Å². The number of hydrogen-bond donors (Lipinski definition) is 0. The highest BCUT2D eigenvalue weighted by molar-refractivity contribution is 5.59. The number of aromatic nitrogens is 2. The maximum absolute atomic E-state index is 9.07. The van der Waals surface area contributed by atoms with Crippen LogP contribution < -0.4 is 4.90 Å². The van der Waals surface area contributed by atoms with Crippen molar-refractivity contribution < 1.29 is 0 Å². The van der Waals surface area contributed by atoms with E-state index in [2.05, 4.69) is 35.1 Å². The average Bonchev–Trinajstić information content (AvgIpc) is 2.47. The molecule has 1 aromatic carbocycles. The van der Waals surface area contributed by atoms with Crippen LogP contribution in [0.5, 0.6) is 0 Å². The zero-order chi connectivity index (χ0) is 14.5. The van der Waals surface area contributed by atoms with Crippen molar-refractivity contribution in [3.8, 4) is 17.5 Å². The van der Waals surface area contributed by atoms with E-state index in [4.69, 9.17) is 5.26 Å². The molecule has 0 saturated heterocycles. The third-order valence-corrected chi connectivity index (χ3v) is 3.04. The minimum atomic E-state index is 0.385. The Bertz CT molecular complexity index is 624. The summed E-state index contributed by atoms with van der Waals surface area (Å²) in [5.74, 6) is 1.33. The first-order valence-electron chi connectivity index (χ1n) is 6.70. The van der Waals surface area contributed by atoms with Crippen molar-refractivity contribution in [2.75, 3.05) is 19.0 Å². The molecule has 0 N–H and O–H groups in total. The first-order chi connectivity index (χ1) is 9.63. The molecule has 4 heteroatoms. The van der Waals surface area contributed by atoms with Gasteiger partial charge in [-0.1, -0.05) is 37.6 Å². The molecular formula is C16H18N4. The third-order valence-electron chi connectivity index (χ3n) is 3.04. The van der Waals surface area contributed by atoms with Crippen molar-refractivity contribution in [1.82, 2.24) is 9.97 Å². The molecule has 0 atom stereocenters. The summed E-state index contributed by atoms with van der Waals surface area (Å²) in [5, 5.41) is 9.07. The maximum atomic E-state index is 9.07. The van der Waals surface area contributed by atoms with Crippen molar-refractivity contribution in [2.45, 2.75) is 19.8 Å². The quantitative estimate of drug-likeness (QED) is 0.853. The summed E-state index contributed by atoms with van der Waals surface area (Å²) in [6.07, 6.45) is 2.20. The normalized spacial score (nSPS) is 10.1. The molecule has 0 bridgehead atoms. The fourth-order valence-electron chi connectivity index (χ4n) is 1.96. The second kappa shape index (κ2) is 6.16. The number of benzene rings is 1. The first-order valence-corrected chi connectivity index (χ1v) is 6.70. The van der Waals surface area contributed by atoms with Gasteiger partial charge in [0.2, 0.25) is 0 Å². The van der Waals surface area contributed by atoms with E-state index >= 15 is 0 Å². The molecule has 102 valence electrons. The number of nitrogens with zero attached hydrogens (tertiary/aromatic N) is 4. The molecule has 20 heavy (non-hydrogen) atoms. The molecule has 0 aliphatic rings. The summed E-state index contributed by atoms with van der Waals surface area (Å²) in [4.78, 5) is 10.6. The Morgan fingerprint density at radius 3 is 2.40 bits per heavy atom. The molecule has 1 aromatic heterocycles. The van der Waals surface area contributed by atoms with Gasteiger partial charge >= 0.3 is 0 Å². The monoisotopic (exact) mass is 266 g/mol. The van der Waals surface area contributed by atoms with E-state index in [1.54, 1.807) is 6.07 Å². The number of hydrogen-bond acceptors (Lipinski definition) is 4. The minimum Gasteiger partial charge on any atom is -0.363 e. The molecule has 0 aliphatic heterocycles. The van der Waals surface area contributed by atoms with Crippen LogP contribution in [-0.2, 0) is 6.42 Å². The second-order valence-electron chi connectivity index (χ2n) is 4.89. The smallest absolute Gasteiger partial charge is 0.162 e. The van der Waals surface area contributed by atoms with Gasteiger partial charge in [-0.25, -0.2) is 9.97 Å².